The van der Waals surface area contributed by atoms with Gasteiger partial charge in [0.15, 0.2) is 17.3 Å². The first-order valence-electron chi connectivity index (χ1n) is 5.43. The van der Waals surface area contributed by atoms with Crippen LogP contribution in [0.25, 0.3) is 5.65 Å². The fourth-order valence-corrected chi connectivity index (χ4v) is 1.70. The summed E-state index contributed by atoms with van der Waals surface area (Å²) in [5.74, 6) is 7.41. The maximum Gasteiger partial charge on any atom is 0.180 e. The van der Waals surface area contributed by atoms with Crippen LogP contribution in [0.1, 0.15) is 5.76 Å². The molecule has 4 N–H and O–H groups in total. The van der Waals surface area contributed by atoms with Crippen molar-refractivity contribution in [3.05, 3.63) is 42.7 Å². The summed E-state index contributed by atoms with van der Waals surface area (Å²) in [6, 6.07) is 3.73. The van der Waals surface area contributed by atoms with E-state index >= 15 is 0 Å². The number of fused-ring (bicyclic) bond motifs is 1. The number of nitrogens with zero attached hydrogens (tertiary/aromatic N) is 3. The zero-order chi connectivity index (χ0) is 12.4. The minimum absolute atomic E-state index is 0.538. The fourth-order valence-electron chi connectivity index (χ4n) is 1.70. The number of hydrogen-bond acceptors (Lipinski definition) is 6. The fraction of sp³-hybridized carbons (Fsp3) is 0.0909. The molecule has 0 aliphatic heterocycles. The molecule has 0 aliphatic rings. The molecule has 0 radical (unpaired) electrons. The molecule has 7 nitrogen and oxygen atoms in total. The van der Waals surface area contributed by atoms with Crippen molar-refractivity contribution in [2.75, 3.05) is 10.7 Å². The molecule has 18 heavy (non-hydrogen) atoms. The van der Waals surface area contributed by atoms with E-state index in [9.17, 15) is 0 Å². The third-order valence-electron chi connectivity index (χ3n) is 2.53. The zero-order valence-electron chi connectivity index (χ0n) is 9.50. The molecule has 0 saturated carbocycles. The highest BCUT2D eigenvalue weighted by atomic mass is 16.3. The minimum atomic E-state index is 0.538. The van der Waals surface area contributed by atoms with Gasteiger partial charge < -0.3 is 19.6 Å². The van der Waals surface area contributed by atoms with Gasteiger partial charge in [-0.05, 0) is 12.1 Å². The second kappa shape index (κ2) is 4.38. The van der Waals surface area contributed by atoms with Gasteiger partial charge in [0, 0.05) is 12.4 Å². The molecule has 3 rings (SSSR count). The number of rotatable bonds is 4. The van der Waals surface area contributed by atoms with Gasteiger partial charge in [0.2, 0.25) is 0 Å². The molecule has 3 heterocycles. The number of nitrogens with two attached hydrogens (primary N) is 1. The Kier molecular flexibility index (Phi) is 2.58. The van der Waals surface area contributed by atoms with Gasteiger partial charge in [-0.15, -0.1) is 0 Å². The van der Waals surface area contributed by atoms with Crippen LogP contribution >= 0.6 is 0 Å². The Morgan fingerprint density at radius 2 is 2.39 bits per heavy atom. The molecule has 0 fully saturated rings. The van der Waals surface area contributed by atoms with Crippen LogP contribution in [0.4, 0.5) is 11.6 Å². The second-order valence-electron chi connectivity index (χ2n) is 3.71. The number of nitrogen functional groups attached to an aromatic ring is 1. The quantitative estimate of drug-likeness (QED) is 0.472. The molecule has 0 aliphatic carbocycles. The van der Waals surface area contributed by atoms with Crippen molar-refractivity contribution in [1.29, 1.82) is 0 Å². The van der Waals surface area contributed by atoms with Gasteiger partial charge in [0.05, 0.1) is 19.0 Å². The average Bonchev–Trinajstić information content (AvgIpc) is 3.06. The summed E-state index contributed by atoms with van der Waals surface area (Å²) in [5, 5.41) is 3.17. The molecule has 0 amide bonds. The highest BCUT2D eigenvalue weighted by molar-refractivity contribution is 5.65. The number of aromatic nitrogens is 3. The summed E-state index contributed by atoms with van der Waals surface area (Å²) in [6.45, 7) is 0.538. The molecule has 0 spiro atoms. The lowest BCUT2D eigenvalue weighted by molar-refractivity contribution is 0.518. The first kappa shape index (κ1) is 10.6. The van der Waals surface area contributed by atoms with E-state index in [-0.39, 0.29) is 0 Å². The highest BCUT2D eigenvalue weighted by Gasteiger charge is 2.07. The van der Waals surface area contributed by atoms with E-state index < -0.39 is 0 Å². The van der Waals surface area contributed by atoms with Crippen molar-refractivity contribution in [3.8, 4) is 0 Å². The predicted molar refractivity (Wildman–Crippen MR) is 66.8 cm³/mol. The van der Waals surface area contributed by atoms with Crippen molar-refractivity contribution in [2.24, 2.45) is 5.84 Å². The van der Waals surface area contributed by atoms with Gasteiger partial charge >= 0.3 is 0 Å². The van der Waals surface area contributed by atoms with Gasteiger partial charge in [0.1, 0.15) is 5.76 Å². The summed E-state index contributed by atoms with van der Waals surface area (Å²) in [6.07, 6.45) is 6.93. The molecule has 7 heteroatoms. The standard InChI is InChI=1S/C11H12N6O/c12-16-9-7-17-4-3-13-11(17)10(15-9)14-6-8-2-1-5-18-8/h1-5,7,16H,6,12H2,(H,14,15). The van der Waals surface area contributed by atoms with E-state index in [1.807, 2.05) is 22.7 Å². The molecule has 0 unspecified atom stereocenters. The van der Waals surface area contributed by atoms with E-state index in [0.717, 1.165) is 11.4 Å². The van der Waals surface area contributed by atoms with E-state index in [1.165, 1.54) is 0 Å². The van der Waals surface area contributed by atoms with E-state index in [0.29, 0.717) is 18.2 Å². The van der Waals surface area contributed by atoms with Crippen LogP contribution in [-0.2, 0) is 6.54 Å². The molecular formula is C11H12N6O. The number of hydrazine groups is 1. The molecule has 0 atom stereocenters. The summed E-state index contributed by atoms with van der Waals surface area (Å²) in [4.78, 5) is 8.55. The number of nitrogens with one attached hydrogen (secondary N) is 2. The Bertz CT molecular complexity index is 645. The summed E-state index contributed by atoms with van der Waals surface area (Å²) in [7, 11) is 0. The van der Waals surface area contributed by atoms with E-state index in [1.54, 1.807) is 18.7 Å². The Labute approximate surface area is 103 Å². The lowest BCUT2D eigenvalue weighted by Gasteiger charge is -2.08. The largest absolute Gasteiger partial charge is 0.467 e. The minimum Gasteiger partial charge on any atom is -0.467 e. The lowest BCUT2D eigenvalue weighted by atomic mass is 10.4. The molecule has 3 aromatic rings. The summed E-state index contributed by atoms with van der Waals surface area (Å²) in [5.41, 5.74) is 3.26. The Hall–Kier alpha value is -2.54. The van der Waals surface area contributed by atoms with Crippen LogP contribution in [-0.4, -0.2) is 14.4 Å². The van der Waals surface area contributed by atoms with Crippen LogP contribution < -0.4 is 16.6 Å². The monoisotopic (exact) mass is 244 g/mol. The van der Waals surface area contributed by atoms with Crippen LogP contribution in [0.15, 0.2) is 41.4 Å². The molecule has 92 valence electrons. The molecular weight excluding hydrogens is 232 g/mol. The van der Waals surface area contributed by atoms with Crippen LogP contribution in [0.5, 0.6) is 0 Å². The Morgan fingerprint density at radius 3 is 3.17 bits per heavy atom. The lowest BCUT2D eigenvalue weighted by Crippen LogP contribution is -2.12. The third-order valence-corrected chi connectivity index (χ3v) is 2.53. The van der Waals surface area contributed by atoms with Gasteiger partial charge in [-0.25, -0.2) is 15.8 Å². The van der Waals surface area contributed by atoms with Crippen molar-refractivity contribution >= 4 is 17.3 Å². The van der Waals surface area contributed by atoms with Gasteiger partial charge in [-0.1, -0.05) is 0 Å². The Balaban J connectivity index is 1.92. The van der Waals surface area contributed by atoms with Crippen molar-refractivity contribution in [1.82, 2.24) is 14.4 Å². The maximum atomic E-state index is 5.38. The summed E-state index contributed by atoms with van der Waals surface area (Å²) < 4.78 is 7.09. The predicted octanol–water partition coefficient (Wildman–Crippen LogP) is 1.22. The van der Waals surface area contributed by atoms with Crippen molar-refractivity contribution in [3.63, 3.8) is 0 Å². The van der Waals surface area contributed by atoms with Gasteiger partial charge in [-0.3, -0.25) is 0 Å². The molecule has 0 saturated heterocycles. The van der Waals surface area contributed by atoms with Crippen LogP contribution in [0, 0.1) is 0 Å². The van der Waals surface area contributed by atoms with Gasteiger partial charge in [0.25, 0.3) is 0 Å². The first-order chi connectivity index (χ1) is 8.86. The third kappa shape index (κ3) is 1.87. The number of imidazole rings is 1. The second-order valence-corrected chi connectivity index (χ2v) is 3.71. The number of anilines is 2. The normalized spacial score (nSPS) is 10.7. The highest BCUT2D eigenvalue weighted by Crippen LogP contribution is 2.16. The Morgan fingerprint density at radius 1 is 1.44 bits per heavy atom. The SMILES string of the molecule is NNc1cn2ccnc2c(NCc2ccco2)n1. The molecule has 0 aromatic carbocycles. The van der Waals surface area contributed by atoms with Crippen LogP contribution in [0.2, 0.25) is 0 Å². The first-order valence-corrected chi connectivity index (χ1v) is 5.43. The van der Waals surface area contributed by atoms with Crippen molar-refractivity contribution in [2.45, 2.75) is 6.54 Å². The number of hydrogen-bond donors (Lipinski definition) is 3. The number of furan rings is 1. The van der Waals surface area contributed by atoms with Crippen LogP contribution in [0.3, 0.4) is 0 Å². The van der Waals surface area contributed by atoms with E-state index in [2.05, 4.69) is 20.7 Å². The zero-order valence-corrected chi connectivity index (χ0v) is 9.50. The van der Waals surface area contributed by atoms with Gasteiger partial charge in [-0.2, -0.15) is 0 Å². The molecule has 0 bridgehead atoms. The molecule has 3 aromatic heterocycles. The van der Waals surface area contributed by atoms with Crippen molar-refractivity contribution < 1.29 is 4.42 Å². The maximum absolute atomic E-state index is 5.38. The smallest absolute Gasteiger partial charge is 0.180 e. The van der Waals surface area contributed by atoms with E-state index in [4.69, 9.17) is 10.3 Å². The topological polar surface area (TPSA) is 93.4 Å². The average molecular weight is 244 g/mol. The summed E-state index contributed by atoms with van der Waals surface area (Å²) >= 11 is 0.